The Kier molecular flexibility index (Phi) is 2.21. The van der Waals surface area contributed by atoms with E-state index < -0.39 is 5.95 Å². The predicted octanol–water partition coefficient (Wildman–Crippen LogP) is 1.45. The fourth-order valence-corrected chi connectivity index (χ4v) is 1.18. The van der Waals surface area contributed by atoms with Crippen molar-refractivity contribution in [2.45, 2.75) is 0 Å². The minimum Gasteiger partial charge on any atom is -0.397 e. The predicted molar refractivity (Wildman–Crippen MR) is 56.3 cm³/mol. The van der Waals surface area contributed by atoms with Crippen LogP contribution < -0.4 is 11.5 Å². The molecule has 76 valence electrons. The monoisotopic (exact) mass is 204 g/mol. The third-order valence-electron chi connectivity index (χ3n) is 1.95. The molecule has 2 rings (SSSR count). The van der Waals surface area contributed by atoms with Crippen LogP contribution in [-0.2, 0) is 0 Å². The second kappa shape index (κ2) is 3.53. The third kappa shape index (κ3) is 1.85. The molecule has 0 radical (unpaired) electrons. The topological polar surface area (TPSA) is 77.8 Å². The van der Waals surface area contributed by atoms with Gasteiger partial charge in [0, 0.05) is 11.8 Å². The molecule has 2 heterocycles. The minimum absolute atomic E-state index is 0.00567. The highest BCUT2D eigenvalue weighted by Gasteiger charge is 2.04. The van der Waals surface area contributed by atoms with Crippen LogP contribution in [0.4, 0.5) is 15.8 Å². The van der Waals surface area contributed by atoms with Gasteiger partial charge < -0.3 is 11.5 Å². The summed E-state index contributed by atoms with van der Waals surface area (Å²) in [5, 5.41) is 0. The second-order valence-electron chi connectivity index (χ2n) is 3.08. The number of nitrogens with zero attached hydrogens (tertiary/aromatic N) is 2. The van der Waals surface area contributed by atoms with Crippen LogP contribution in [0.3, 0.4) is 0 Å². The number of rotatable bonds is 1. The van der Waals surface area contributed by atoms with Crippen LogP contribution in [-0.4, -0.2) is 9.97 Å². The maximum Gasteiger partial charge on any atom is 0.236 e. The summed E-state index contributed by atoms with van der Waals surface area (Å²) in [5.41, 5.74) is 12.8. The van der Waals surface area contributed by atoms with Gasteiger partial charge in [-0.2, -0.15) is 4.39 Å². The van der Waals surface area contributed by atoms with E-state index in [-0.39, 0.29) is 5.69 Å². The molecule has 4 N–H and O–H groups in total. The zero-order valence-corrected chi connectivity index (χ0v) is 7.81. The first kappa shape index (κ1) is 9.39. The van der Waals surface area contributed by atoms with Crippen molar-refractivity contribution in [2.24, 2.45) is 0 Å². The first-order chi connectivity index (χ1) is 7.16. The molecule has 0 bridgehead atoms. The Morgan fingerprint density at radius 3 is 2.47 bits per heavy atom. The Morgan fingerprint density at radius 1 is 1.07 bits per heavy atom. The van der Waals surface area contributed by atoms with Crippen molar-refractivity contribution in [1.82, 2.24) is 9.97 Å². The average molecular weight is 204 g/mol. The third-order valence-corrected chi connectivity index (χ3v) is 1.95. The summed E-state index contributed by atoms with van der Waals surface area (Å²) < 4.78 is 12.8. The lowest BCUT2D eigenvalue weighted by molar-refractivity contribution is 0.589. The molecular weight excluding hydrogens is 195 g/mol. The molecule has 0 aliphatic carbocycles. The van der Waals surface area contributed by atoms with Gasteiger partial charge in [-0.05, 0) is 18.2 Å². The molecule has 0 unspecified atom stereocenters. The zero-order valence-electron chi connectivity index (χ0n) is 7.81. The van der Waals surface area contributed by atoms with Gasteiger partial charge in [0.1, 0.15) is 0 Å². The van der Waals surface area contributed by atoms with E-state index in [9.17, 15) is 4.39 Å². The summed E-state index contributed by atoms with van der Waals surface area (Å²) in [7, 11) is 0. The molecule has 0 atom stereocenters. The highest BCUT2D eigenvalue weighted by atomic mass is 19.1. The van der Waals surface area contributed by atoms with Crippen LogP contribution in [0.15, 0.2) is 30.6 Å². The fourth-order valence-electron chi connectivity index (χ4n) is 1.18. The first-order valence-electron chi connectivity index (χ1n) is 4.30. The Balaban J connectivity index is 2.45. The zero-order chi connectivity index (χ0) is 10.8. The van der Waals surface area contributed by atoms with E-state index in [4.69, 9.17) is 11.5 Å². The molecule has 0 fully saturated rings. The van der Waals surface area contributed by atoms with E-state index in [2.05, 4.69) is 9.97 Å². The summed E-state index contributed by atoms with van der Waals surface area (Å²) >= 11 is 0. The van der Waals surface area contributed by atoms with Crippen molar-refractivity contribution < 1.29 is 4.39 Å². The van der Waals surface area contributed by atoms with E-state index in [1.165, 1.54) is 18.5 Å². The van der Waals surface area contributed by atoms with Gasteiger partial charge in [-0.1, -0.05) is 0 Å². The molecule has 0 aliphatic heterocycles. The van der Waals surface area contributed by atoms with Crippen molar-refractivity contribution in [3.8, 4) is 11.3 Å². The molecule has 4 nitrogen and oxygen atoms in total. The van der Waals surface area contributed by atoms with Gasteiger partial charge in [-0.15, -0.1) is 0 Å². The highest BCUT2D eigenvalue weighted by Crippen LogP contribution is 2.20. The number of hydrogen-bond donors (Lipinski definition) is 2. The van der Waals surface area contributed by atoms with E-state index in [1.54, 1.807) is 12.1 Å². The summed E-state index contributed by atoms with van der Waals surface area (Å²) in [5.74, 6) is -0.672. The van der Waals surface area contributed by atoms with E-state index in [1.807, 2.05) is 0 Å². The van der Waals surface area contributed by atoms with E-state index in [0.29, 0.717) is 16.9 Å². The molecule has 0 aromatic carbocycles. The molecule has 0 aliphatic rings. The van der Waals surface area contributed by atoms with E-state index >= 15 is 0 Å². The van der Waals surface area contributed by atoms with Crippen molar-refractivity contribution in [3.63, 3.8) is 0 Å². The normalized spacial score (nSPS) is 10.2. The van der Waals surface area contributed by atoms with Gasteiger partial charge in [0.15, 0.2) is 0 Å². The Morgan fingerprint density at radius 2 is 1.87 bits per heavy atom. The first-order valence-corrected chi connectivity index (χ1v) is 4.30. The lowest BCUT2D eigenvalue weighted by atomic mass is 10.2. The average Bonchev–Trinajstić information content (AvgIpc) is 2.23. The van der Waals surface area contributed by atoms with Crippen molar-refractivity contribution >= 4 is 11.4 Å². The van der Waals surface area contributed by atoms with Gasteiger partial charge in [0.2, 0.25) is 5.95 Å². The Hall–Kier alpha value is -2.17. The molecule has 0 spiro atoms. The summed E-state index contributed by atoms with van der Waals surface area (Å²) in [6.07, 6.45) is 2.90. The van der Waals surface area contributed by atoms with Gasteiger partial charge in [0.05, 0.1) is 23.3 Å². The molecule has 15 heavy (non-hydrogen) atoms. The fraction of sp³-hybridized carbons (Fsp3) is 0. The molecule has 2 aromatic heterocycles. The lowest BCUT2D eigenvalue weighted by Gasteiger charge is -2.02. The standard InChI is InChI=1S/C10H9FN4/c11-10-8(13)3-6(4-15-10)9-2-1-7(12)5-14-9/h1-5H,12-13H2. The summed E-state index contributed by atoms with van der Waals surface area (Å²) in [6.45, 7) is 0. The van der Waals surface area contributed by atoms with Gasteiger partial charge in [-0.3, -0.25) is 4.98 Å². The largest absolute Gasteiger partial charge is 0.397 e. The van der Waals surface area contributed by atoms with E-state index in [0.717, 1.165) is 0 Å². The SMILES string of the molecule is Nc1ccc(-c2cnc(F)c(N)c2)nc1. The maximum absolute atomic E-state index is 12.8. The number of aromatic nitrogens is 2. The molecular formula is C10H9FN4. The number of nitrogen functional groups attached to an aromatic ring is 2. The second-order valence-corrected chi connectivity index (χ2v) is 3.08. The molecule has 0 saturated heterocycles. The number of anilines is 2. The van der Waals surface area contributed by atoms with Gasteiger partial charge in [0.25, 0.3) is 0 Å². The molecule has 0 saturated carbocycles. The number of pyridine rings is 2. The smallest absolute Gasteiger partial charge is 0.236 e. The van der Waals surface area contributed by atoms with Crippen molar-refractivity contribution in [3.05, 3.63) is 36.5 Å². The number of nitrogens with two attached hydrogens (primary N) is 2. The van der Waals surface area contributed by atoms with Crippen LogP contribution in [0.2, 0.25) is 0 Å². The van der Waals surface area contributed by atoms with Crippen molar-refractivity contribution in [2.75, 3.05) is 11.5 Å². The maximum atomic E-state index is 12.8. The van der Waals surface area contributed by atoms with Crippen LogP contribution in [0.1, 0.15) is 0 Å². The molecule has 5 heteroatoms. The summed E-state index contributed by atoms with van der Waals surface area (Å²) in [6, 6.07) is 4.92. The quantitative estimate of drug-likeness (QED) is 0.689. The lowest BCUT2D eigenvalue weighted by Crippen LogP contribution is -1.95. The van der Waals surface area contributed by atoms with Crippen LogP contribution in [0.5, 0.6) is 0 Å². The molecule has 0 amide bonds. The Bertz CT molecular complexity index is 481. The van der Waals surface area contributed by atoms with Crippen LogP contribution in [0, 0.1) is 5.95 Å². The van der Waals surface area contributed by atoms with Gasteiger partial charge >= 0.3 is 0 Å². The number of halogens is 1. The van der Waals surface area contributed by atoms with Crippen LogP contribution >= 0.6 is 0 Å². The number of hydrogen-bond acceptors (Lipinski definition) is 4. The highest BCUT2D eigenvalue weighted by molar-refractivity contribution is 5.63. The molecule has 2 aromatic rings. The van der Waals surface area contributed by atoms with Crippen LogP contribution in [0.25, 0.3) is 11.3 Å². The minimum atomic E-state index is -0.672. The van der Waals surface area contributed by atoms with Gasteiger partial charge in [-0.25, -0.2) is 4.98 Å². The summed E-state index contributed by atoms with van der Waals surface area (Å²) in [4.78, 5) is 7.59. The van der Waals surface area contributed by atoms with Crippen molar-refractivity contribution in [1.29, 1.82) is 0 Å². The Labute approximate surface area is 85.8 Å².